The third kappa shape index (κ3) is 3.33. The highest BCUT2D eigenvalue weighted by molar-refractivity contribution is 7.18. The predicted molar refractivity (Wildman–Crippen MR) is 114 cm³/mol. The van der Waals surface area contributed by atoms with E-state index in [0.717, 1.165) is 20.7 Å². The molecule has 4 aromatic rings. The molecule has 0 saturated heterocycles. The monoisotopic (exact) mass is 394 g/mol. The Kier molecular flexibility index (Phi) is 4.77. The van der Waals surface area contributed by atoms with Crippen LogP contribution in [0.3, 0.4) is 0 Å². The van der Waals surface area contributed by atoms with Gasteiger partial charge in [-0.3, -0.25) is 4.79 Å². The number of benzene rings is 2. The molecule has 0 radical (unpaired) electrons. The number of thiazole rings is 1. The largest absolute Gasteiger partial charge is 0.326 e. The number of nitrogens with zero attached hydrogens (tertiary/aromatic N) is 1. The molecule has 3 N–H and O–H groups in total. The molecule has 0 aliphatic heterocycles. The summed E-state index contributed by atoms with van der Waals surface area (Å²) in [6.45, 7) is 4.09. The van der Waals surface area contributed by atoms with E-state index in [4.69, 9.17) is 4.98 Å². The number of rotatable bonds is 6. The third-order valence-electron chi connectivity index (χ3n) is 5.44. The van der Waals surface area contributed by atoms with Crippen molar-refractivity contribution in [3.8, 4) is 0 Å². The van der Waals surface area contributed by atoms with E-state index < -0.39 is 5.41 Å². The van der Waals surface area contributed by atoms with Crippen molar-refractivity contribution < 1.29 is 4.79 Å². The van der Waals surface area contributed by atoms with E-state index in [9.17, 15) is 9.59 Å². The summed E-state index contributed by atoms with van der Waals surface area (Å²) in [5.41, 5.74) is 2.25. The summed E-state index contributed by atoms with van der Waals surface area (Å²) in [7, 11) is 0. The molecule has 0 atom stereocenters. The van der Waals surface area contributed by atoms with Crippen LogP contribution in [0.25, 0.3) is 21.3 Å². The highest BCUT2D eigenvalue weighted by Gasteiger charge is 2.36. The second kappa shape index (κ2) is 7.24. The summed E-state index contributed by atoms with van der Waals surface area (Å²) in [6.07, 6.45) is 2.04. The summed E-state index contributed by atoms with van der Waals surface area (Å²) in [4.78, 5) is 34.8. The molecule has 4 rings (SSSR count). The van der Waals surface area contributed by atoms with Gasteiger partial charge in [0, 0.05) is 12.1 Å². The number of hydrogen-bond acceptors (Lipinski definition) is 4. The van der Waals surface area contributed by atoms with Gasteiger partial charge in [0.2, 0.25) is 5.91 Å². The highest BCUT2D eigenvalue weighted by atomic mass is 32.1. The molecule has 0 aliphatic rings. The van der Waals surface area contributed by atoms with Gasteiger partial charge >= 0.3 is 5.69 Å². The Balaban J connectivity index is 1.60. The Labute approximate surface area is 166 Å². The van der Waals surface area contributed by atoms with Gasteiger partial charge in [-0.2, -0.15) is 0 Å². The maximum atomic E-state index is 13.2. The fraction of sp³-hybridized carbons (Fsp3) is 0.286. The molecule has 0 unspecified atom stereocenters. The van der Waals surface area contributed by atoms with Crippen LogP contribution < -0.4 is 11.0 Å². The summed E-state index contributed by atoms with van der Waals surface area (Å²) in [5, 5.41) is 4.02. The van der Waals surface area contributed by atoms with E-state index in [2.05, 4.69) is 21.4 Å². The third-order valence-corrected chi connectivity index (χ3v) is 6.47. The van der Waals surface area contributed by atoms with Crippen LogP contribution in [0.2, 0.25) is 0 Å². The molecule has 1 amide bonds. The number of imidazole rings is 1. The van der Waals surface area contributed by atoms with Crippen molar-refractivity contribution >= 4 is 44.2 Å². The van der Waals surface area contributed by atoms with Gasteiger partial charge in [0.05, 0.1) is 31.7 Å². The zero-order valence-corrected chi connectivity index (χ0v) is 16.7. The zero-order chi connectivity index (χ0) is 19.7. The molecule has 2 aromatic heterocycles. The number of para-hydroxylation sites is 1. The SMILES string of the molecule is CCC(CC)(Cc1nc2ccccc2s1)C(=O)Nc1ccc2[nH]c(=O)[nH]c2c1. The number of H-pyrrole nitrogens is 2. The standard InChI is InChI=1S/C21H22N4O2S/c1-3-21(4-2,12-18-23-15-7-5-6-8-17(15)28-18)19(26)22-13-9-10-14-16(11-13)25-20(27)24-14/h5-11H,3-4,12H2,1-2H3,(H,22,26)(H2,24,25,27). The number of aromatic amines is 2. The van der Waals surface area contributed by atoms with Crippen LogP contribution in [0.1, 0.15) is 31.7 Å². The minimum Gasteiger partial charge on any atom is -0.326 e. The quantitative estimate of drug-likeness (QED) is 0.451. The fourth-order valence-corrected chi connectivity index (χ4v) is 4.67. The number of amides is 1. The number of carbonyl (C=O) groups excluding carboxylic acids is 1. The van der Waals surface area contributed by atoms with E-state index in [1.54, 1.807) is 29.5 Å². The zero-order valence-electron chi connectivity index (χ0n) is 15.8. The Bertz CT molecular complexity index is 1170. The Morgan fingerprint density at radius 3 is 2.61 bits per heavy atom. The van der Waals surface area contributed by atoms with Crippen LogP contribution in [0.15, 0.2) is 47.3 Å². The maximum Gasteiger partial charge on any atom is 0.323 e. The minimum atomic E-state index is -0.533. The van der Waals surface area contributed by atoms with Gasteiger partial charge in [-0.25, -0.2) is 9.78 Å². The fourth-order valence-electron chi connectivity index (χ4n) is 3.56. The van der Waals surface area contributed by atoms with E-state index in [-0.39, 0.29) is 11.6 Å². The van der Waals surface area contributed by atoms with Gasteiger partial charge in [-0.15, -0.1) is 11.3 Å². The maximum absolute atomic E-state index is 13.2. The van der Waals surface area contributed by atoms with Crippen molar-refractivity contribution in [1.82, 2.24) is 15.0 Å². The molecule has 28 heavy (non-hydrogen) atoms. The molecule has 7 heteroatoms. The topological polar surface area (TPSA) is 90.6 Å². The van der Waals surface area contributed by atoms with Crippen LogP contribution in [0.4, 0.5) is 5.69 Å². The van der Waals surface area contributed by atoms with Crippen molar-refractivity contribution in [2.45, 2.75) is 33.1 Å². The first-order chi connectivity index (χ1) is 13.5. The second-order valence-electron chi connectivity index (χ2n) is 7.03. The average Bonchev–Trinajstić information content (AvgIpc) is 3.27. The number of fused-ring (bicyclic) bond motifs is 2. The molecule has 0 fully saturated rings. The van der Waals surface area contributed by atoms with Crippen LogP contribution in [0.5, 0.6) is 0 Å². The predicted octanol–water partition coefficient (Wildman–Crippen LogP) is 4.45. The van der Waals surface area contributed by atoms with Gasteiger partial charge in [0.15, 0.2) is 0 Å². The van der Waals surface area contributed by atoms with E-state index in [1.807, 2.05) is 32.0 Å². The molecular weight excluding hydrogens is 372 g/mol. The molecular formula is C21H22N4O2S. The molecule has 0 bridgehead atoms. The Hall–Kier alpha value is -2.93. The number of nitrogens with one attached hydrogen (secondary N) is 3. The normalized spacial score (nSPS) is 11.9. The number of carbonyl (C=O) groups is 1. The summed E-state index contributed by atoms with van der Waals surface area (Å²) >= 11 is 1.65. The number of anilines is 1. The first-order valence-electron chi connectivity index (χ1n) is 9.41. The first kappa shape index (κ1) is 18.4. The Morgan fingerprint density at radius 1 is 1.11 bits per heavy atom. The summed E-state index contributed by atoms with van der Waals surface area (Å²) in [6, 6.07) is 13.4. The lowest BCUT2D eigenvalue weighted by atomic mass is 9.78. The lowest BCUT2D eigenvalue weighted by Crippen LogP contribution is -2.37. The van der Waals surface area contributed by atoms with Gasteiger partial charge in [0.25, 0.3) is 0 Å². The van der Waals surface area contributed by atoms with E-state index >= 15 is 0 Å². The average molecular weight is 395 g/mol. The van der Waals surface area contributed by atoms with Crippen molar-refractivity contribution in [3.63, 3.8) is 0 Å². The lowest BCUT2D eigenvalue weighted by molar-refractivity contribution is -0.126. The van der Waals surface area contributed by atoms with Crippen molar-refractivity contribution in [1.29, 1.82) is 0 Å². The summed E-state index contributed by atoms with van der Waals surface area (Å²) < 4.78 is 1.14. The minimum absolute atomic E-state index is 0.0195. The van der Waals surface area contributed by atoms with E-state index in [0.29, 0.717) is 30.5 Å². The van der Waals surface area contributed by atoms with Crippen molar-refractivity contribution in [2.24, 2.45) is 5.41 Å². The van der Waals surface area contributed by atoms with E-state index in [1.165, 1.54) is 0 Å². The first-order valence-corrected chi connectivity index (χ1v) is 10.2. The van der Waals surface area contributed by atoms with Gasteiger partial charge in [-0.1, -0.05) is 26.0 Å². The number of hydrogen-bond donors (Lipinski definition) is 3. The van der Waals surface area contributed by atoms with Gasteiger partial charge in [0.1, 0.15) is 0 Å². The van der Waals surface area contributed by atoms with Gasteiger partial charge in [-0.05, 0) is 43.2 Å². The molecule has 144 valence electrons. The van der Waals surface area contributed by atoms with Crippen molar-refractivity contribution in [2.75, 3.05) is 5.32 Å². The second-order valence-corrected chi connectivity index (χ2v) is 8.15. The Morgan fingerprint density at radius 2 is 1.86 bits per heavy atom. The highest BCUT2D eigenvalue weighted by Crippen LogP contribution is 2.35. The van der Waals surface area contributed by atoms with Crippen molar-refractivity contribution in [3.05, 3.63) is 58.0 Å². The van der Waals surface area contributed by atoms with Gasteiger partial charge < -0.3 is 15.3 Å². The molecule has 0 spiro atoms. The molecule has 6 nitrogen and oxygen atoms in total. The molecule has 0 aliphatic carbocycles. The smallest absolute Gasteiger partial charge is 0.323 e. The molecule has 0 saturated carbocycles. The summed E-state index contributed by atoms with van der Waals surface area (Å²) in [5.74, 6) is -0.0195. The lowest BCUT2D eigenvalue weighted by Gasteiger charge is -2.29. The number of aromatic nitrogens is 3. The van der Waals surface area contributed by atoms with Crippen LogP contribution in [-0.2, 0) is 11.2 Å². The van der Waals surface area contributed by atoms with Crippen LogP contribution >= 0.6 is 11.3 Å². The molecule has 2 heterocycles. The van der Waals surface area contributed by atoms with Crippen LogP contribution in [-0.4, -0.2) is 20.9 Å². The van der Waals surface area contributed by atoms with Crippen LogP contribution in [0, 0.1) is 5.41 Å². The molecule has 2 aromatic carbocycles.